The van der Waals surface area contributed by atoms with Crippen LogP contribution in [-0.4, -0.2) is 17.4 Å². The number of carbonyl (C=O) groups excluding carboxylic acids is 1. The van der Waals surface area contributed by atoms with E-state index in [-0.39, 0.29) is 5.91 Å². The first-order chi connectivity index (χ1) is 10.1. The Labute approximate surface area is 133 Å². The Hall–Kier alpha value is -1.88. The van der Waals surface area contributed by atoms with E-state index in [1.54, 1.807) is 12.3 Å². The van der Waals surface area contributed by atoms with Gasteiger partial charge in [-0.15, -0.1) is 0 Å². The normalized spacial score (nSPS) is 10.2. The lowest BCUT2D eigenvalue weighted by Crippen LogP contribution is -2.13. The van der Waals surface area contributed by atoms with Crippen molar-refractivity contribution in [3.8, 4) is 0 Å². The number of halogens is 1. The fourth-order valence-corrected chi connectivity index (χ4v) is 2.39. The van der Waals surface area contributed by atoms with Crippen LogP contribution in [0.15, 0.2) is 41.0 Å². The number of hydrogen-bond donors (Lipinski definition) is 2. The van der Waals surface area contributed by atoms with Crippen LogP contribution in [0.2, 0.25) is 0 Å². The Bertz CT molecular complexity index is 626. The maximum Gasteiger partial charge on any atom is 0.257 e. The summed E-state index contributed by atoms with van der Waals surface area (Å²) in [5.74, 6) is 0.610. The van der Waals surface area contributed by atoms with Gasteiger partial charge in [0.05, 0.1) is 11.3 Å². The minimum Gasteiger partial charge on any atom is -0.370 e. The van der Waals surface area contributed by atoms with Crippen LogP contribution in [-0.2, 0) is 0 Å². The summed E-state index contributed by atoms with van der Waals surface area (Å²) in [5, 5.41) is 6.05. The third-order valence-electron chi connectivity index (χ3n) is 2.95. The summed E-state index contributed by atoms with van der Waals surface area (Å²) < 4.78 is 0.866. The van der Waals surface area contributed by atoms with Crippen molar-refractivity contribution in [2.75, 3.05) is 17.2 Å². The van der Waals surface area contributed by atoms with Crippen LogP contribution >= 0.6 is 15.9 Å². The molecule has 1 amide bonds. The van der Waals surface area contributed by atoms with Crippen LogP contribution < -0.4 is 10.6 Å². The maximum atomic E-state index is 12.2. The molecule has 0 aliphatic carbocycles. The molecule has 0 saturated carbocycles. The molecule has 5 heteroatoms. The van der Waals surface area contributed by atoms with E-state index in [4.69, 9.17) is 0 Å². The van der Waals surface area contributed by atoms with E-state index in [1.807, 2.05) is 31.2 Å². The molecule has 0 radical (unpaired) electrons. The summed E-state index contributed by atoms with van der Waals surface area (Å²) in [5.41, 5.74) is 2.41. The Morgan fingerprint density at radius 3 is 2.71 bits per heavy atom. The summed E-state index contributed by atoms with van der Waals surface area (Å²) in [6, 6.07) is 9.38. The van der Waals surface area contributed by atoms with Gasteiger partial charge in [-0.25, -0.2) is 4.98 Å². The van der Waals surface area contributed by atoms with Crippen LogP contribution in [0.3, 0.4) is 0 Å². The quantitative estimate of drug-likeness (QED) is 0.850. The Morgan fingerprint density at radius 1 is 1.29 bits per heavy atom. The zero-order valence-corrected chi connectivity index (χ0v) is 13.7. The molecule has 0 fully saturated rings. The Balaban J connectivity index is 2.06. The summed E-state index contributed by atoms with van der Waals surface area (Å²) in [7, 11) is 0. The number of aryl methyl sites for hydroxylation is 1. The van der Waals surface area contributed by atoms with Crippen molar-refractivity contribution in [2.45, 2.75) is 20.3 Å². The third kappa shape index (κ3) is 4.29. The molecule has 110 valence electrons. The van der Waals surface area contributed by atoms with E-state index in [2.05, 4.69) is 38.5 Å². The topological polar surface area (TPSA) is 54.0 Å². The van der Waals surface area contributed by atoms with Crippen molar-refractivity contribution in [3.05, 3.63) is 52.1 Å². The lowest BCUT2D eigenvalue weighted by molar-refractivity contribution is 0.102. The molecule has 4 nitrogen and oxygen atoms in total. The lowest BCUT2D eigenvalue weighted by atomic mass is 10.2. The fourth-order valence-electron chi connectivity index (χ4n) is 1.80. The highest BCUT2D eigenvalue weighted by Crippen LogP contribution is 2.23. The fraction of sp³-hybridized carbons (Fsp3) is 0.250. The molecule has 1 aromatic heterocycles. The Kier molecular flexibility index (Phi) is 5.33. The first kappa shape index (κ1) is 15.5. The minimum atomic E-state index is -0.172. The van der Waals surface area contributed by atoms with Gasteiger partial charge in [0.1, 0.15) is 5.82 Å². The second-order valence-electron chi connectivity index (χ2n) is 4.80. The van der Waals surface area contributed by atoms with E-state index in [0.717, 1.165) is 34.5 Å². The predicted molar refractivity (Wildman–Crippen MR) is 89.8 cm³/mol. The summed E-state index contributed by atoms with van der Waals surface area (Å²) >= 11 is 3.45. The number of pyridine rings is 1. The van der Waals surface area contributed by atoms with Gasteiger partial charge in [-0.1, -0.05) is 13.0 Å². The average Bonchev–Trinajstić information content (AvgIpc) is 2.48. The smallest absolute Gasteiger partial charge is 0.257 e. The number of anilines is 2. The van der Waals surface area contributed by atoms with Crippen molar-refractivity contribution in [1.82, 2.24) is 4.98 Å². The van der Waals surface area contributed by atoms with Gasteiger partial charge < -0.3 is 10.6 Å². The number of amides is 1. The molecular formula is C16H18BrN3O. The molecule has 21 heavy (non-hydrogen) atoms. The highest BCUT2D eigenvalue weighted by Gasteiger charge is 2.09. The van der Waals surface area contributed by atoms with Gasteiger partial charge >= 0.3 is 0 Å². The molecule has 2 aromatic rings. The molecule has 1 aromatic carbocycles. The molecule has 0 atom stereocenters. The van der Waals surface area contributed by atoms with E-state index in [9.17, 15) is 4.79 Å². The zero-order valence-electron chi connectivity index (χ0n) is 12.1. The van der Waals surface area contributed by atoms with Gasteiger partial charge in [-0.3, -0.25) is 4.79 Å². The van der Waals surface area contributed by atoms with Crippen LogP contribution in [0.4, 0.5) is 11.5 Å². The van der Waals surface area contributed by atoms with E-state index in [1.165, 1.54) is 0 Å². The zero-order chi connectivity index (χ0) is 15.2. The minimum absolute atomic E-state index is 0.172. The van der Waals surface area contributed by atoms with Gasteiger partial charge in [0.25, 0.3) is 5.91 Å². The number of benzene rings is 1. The second-order valence-corrected chi connectivity index (χ2v) is 5.65. The largest absolute Gasteiger partial charge is 0.370 e. The number of rotatable bonds is 5. The molecule has 2 N–H and O–H groups in total. The summed E-state index contributed by atoms with van der Waals surface area (Å²) in [6.45, 7) is 4.96. The van der Waals surface area contributed by atoms with Crippen molar-refractivity contribution in [3.63, 3.8) is 0 Å². The molecule has 0 bridgehead atoms. The molecule has 0 saturated heterocycles. The van der Waals surface area contributed by atoms with Crippen molar-refractivity contribution in [2.24, 2.45) is 0 Å². The van der Waals surface area contributed by atoms with Crippen LogP contribution in [0.1, 0.15) is 29.3 Å². The van der Waals surface area contributed by atoms with E-state index < -0.39 is 0 Å². The molecule has 0 aliphatic heterocycles. The molecule has 2 rings (SSSR count). The average molecular weight is 348 g/mol. The molecule has 0 aliphatic rings. The van der Waals surface area contributed by atoms with E-state index in [0.29, 0.717) is 5.56 Å². The molecule has 0 unspecified atom stereocenters. The van der Waals surface area contributed by atoms with Crippen molar-refractivity contribution >= 4 is 33.3 Å². The van der Waals surface area contributed by atoms with Crippen molar-refractivity contribution in [1.29, 1.82) is 0 Å². The van der Waals surface area contributed by atoms with Crippen molar-refractivity contribution < 1.29 is 4.79 Å². The van der Waals surface area contributed by atoms with Gasteiger partial charge in [0.15, 0.2) is 0 Å². The highest BCUT2D eigenvalue weighted by atomic mass is 79.9. The van der Waals surface area contributed by atoms with Crippen LogP contribution in [0.5, 0.6) is 0 Å². The number of carbonyl (C=O) groups is 1. The lowest BCUT2D eigenvalue weighted by Gasteiger charge is -2.09. The monoisotopic (exact) mass is 347 g/mol. The van der Waals surface area contributed by atoms with Gasteiger partial charge in [0.2, 0.25) is 0 Å². The van der Waals surface area contributed by atoms with Crippen LogP contribution in [0, 0.1) is 6.92 Å². The number of nitrogens with zero attached hydrogens (tertiary/aromatic N) is 1. The van der Waals surface area contributed by atoms with Gasteiger partial charge in [-0.05, 0) is 59.1 Å². The van der Waals surface area contributed by atoms with Crippen LogP contribution in [0.25, 0.3) is 0 Å². The molecular weight excluding hydrogens is 330 g/mol. The summed E-state index contributed by atoms with van der Waals surface area (Å²) in [6.07, 6.45) is 2.61. The maximum absolute atomic E-state index is 12.2. The third-order valence-corrected chi connectivity index (χ3v) is 3.61. The SMILES string of the molecule is CCCNc1ccc(C(=O)Nc2ccc(C)cc2Br)cn1. The first-order valence-corrected chi connectivity index (χ1v) is 7.67. The standard InChI is InChI=1S/C16H18BrN3O/c1-3-8-18-15-7-5-12(10-19-15)16(21)20-14-6-4-11(2)9-13(14)17/h4-7,9-10H,3,8H2,1-2H3,(H,18,19)(H,20,21). The highest BCUT2D eigenvalue weighted by molar-refractivity contribution is 9.10. The summed E-state index contributed by atoms with van der Waals surface area (Å²) in [4.78, 5) is 16.4. The number of nitrogens with one attached hydrogen (secondary N) is 2. The first-order valence-electron chi connectivity index (χ1n) is 6.87. The predicted octanol–water partition coefficient (Wildman–Crippen LogP) is 4.23. The number of hydrogen-bond acceptors (Lipinski definition) is 3. The second kappa shape index (κ2) is 7.22. The number of aromatic nitrogens is 1. The Morgan fingerprint density at radius 2 is 2.10 bits per heavy atom. The van der Waals surface area contributed by atoms with Gasteiger partial charge in [0, 0.05) is 17.2 Å². The molecule has 0 spiro atoms. The van der Waals surface area contributed by atoms with E-state index >= 15 is 0 Å². The van der Waals surface area contributed by atoms with Gasteiger partial charge in [-0.2, -0.15) is 0 Å². The molecule has 1 heterocycles.